The Kier molecular flexibility index (Phi) is 7.11. The first-order valence-corrected chi connectivity index (χ1v) is 11.8. The second kappa shape index (κ2) is 10.4. The molecule has 0 saturated carbocycles. The summed E-state index contributed by atoms with van der Waals surface area (Å²) >= 11 is 1.08. The van der Waals surface area contributed by atoms with Gasteiger partial charge in [-0.3, -0.25) is 24.3 Å². The predicted octanol–water partition coefficient (Wildman–Crippen LogP) is 4.60. The number of nitrogens with one attached hydrogen (secondary N) is 1. The number of aromatic nitrogens is 2. The Morgan fingerprint density at radius 2 is 1.89 bits per heavy atom. The highest BCUT2D eigenvalue weighted by molar-refractivity contribution is 7.99. The average molecular weight is 491 g/mol. The summed E-state index contributed by atoms with van der Waals surface area (Å²) in [6, 6.07) is 18.8. The van der Waals surface area contributed by atoms with Gasteiger partial charge in [0.1, 0.15) is 11.4 Å². The molecule has 3 aromatic carbocycles. The Morgan fingerprint density at radius 1 is 1.14 bits per heavy atom. The van der Waals surface area contributed by atoms with Gasteiger partial charge in [0.15, 0.2) is 5.16 Å². The highest BCUT2D eigenvalue weighted by atomic mass is 32.2. The average Bonchev–Trinajstić information content (AvgIpc) is 2.88. The van der Waals surface area contributed by atoms with Gasteiger partial charge in [0, 0.05) is 0 Å². The number of aryl methyl sites for hydroxylation is 1. The van der Waals surface area contributed by atoms with Gasteiger partial charge in [0.2, 0.25) is 5.91 Å². The molecule has 0 bridgehead atoms. The minimum atomic E-state index is -0.589. The van der Waals surface area contributed by atoms with Crippen molar-refractivity contribution in [1.82, 2.24) is 9.55 Å². The van der Waals surface area contributed by atoms with Gasteiger partial charge in [-0.05, 0) is 48.4 Å². The number of rotatable bonds is 8. The molecule has 0 atom stereocenters. The van der Waals surface area contributed by atoms with E-state index in [-0.39, 0.29) is 22.7 Å². The van der Waals surface area contributed by atoms with E-state index in [1.165, 1.54) is 29.9 Å². The van der Waals surface area contributed by atoms with E-state index in [9.17, 15) is 19.7 Å². The zero-order valence-electron chi connectivity index (χ0n) is 19.1. The number of carbonyl (C=O) groups excluding carboxylic acids is 1. The van der Waals surface area contributed by atoms with Crippen molar-refractivity contribution in [1.29, 1.82) is 0 Å². The summed E-state index contributed by atoms with van der Waals surface area (Å²) in [5.41, 5.74) is 1.82. The molecule has 1 amide bonds. The lowest BCUT2D eigenvalue weighted by molar-refractivity contribution is -0.384. The van der Waals surface area contributed by atoms with Gasteiger partial charge in [0.05, 0.1) is 40.4 Å². The summed E-state index contributed by atoms with van der Waals surface area (Å²) in [6.45, 7) is 2.05. The number of amides is 1. The van der Waals surface area contributed by atoms with Crippen LogP contribution < -0.4 is 15.6 Å². The molecule has 4 rings (SSSR count). The normalized spacial score (nSPS) is 10.8. The number of anilines is 1. The van der Waals surface area contributed by atoms with Gasteiger partial charge >= 0.3 is 0 Å². The number of methoxy groups -OCH3 is 1. The maximum absolute atomic E-state index is 13.3. The minimum Gasteiger partial charge on any atom is -0.496 e. The number of ether oxygens (including phenoxy) is 1. The monoisotopic (exact) mass is 490 g/mol. The van der Waals surface area contributed by atoms with Crippen molar-refractivity contribution >= 4 is 39.9 Å². The van der Waals surface area contributed by atoms with E-state index in [2.05, 4.69) is 10.3 Å². The smallest absolute Gasteiger partial charge is 0.296 e. The van der Waals surface area contributed by atoms with Crippen LogP contribution in [0.3, 0.4) is 0 Å². The highest BCUT2D eigenvalue weighted by Gasteiger charge is 2.19. The van der Waals surface area contributed by atoms with E-state index in [1.807, 2.05) is 31.2 Å². The van der Waals surface area contributed by atoms with Crippen LogP contribution in [0.2, 0.25) is 0 Å². The van der Waals surface area contributed by atoms with Crippen molar-refractivity contribution in [3.8, 4) is 11.4 Å². The van der Waals surface area contributed by atoms with E-state index in [4.69, 9.17) is 4.74 Å². The first-order chi connectivity index (χ1) is 16.9. The third kappa shape index (κ3) is 5.17. The Hall–Kier alpha value is -4.18. The van der Waals surface area contributed by atoms with Crippen LogP contribution in [0.5, 0.6) is 5.75 Å². The fraction of sp³-hybridized carbons (Fsp3) is 0.160. The van der Waals surface area contributed by atoms with Crippen molar-refractivity contribution in [3.63, 3.8) is 0 Å². The summed E-state index contributed by atoms with van der Waals surface area (Å²) in [4.78, 5) is 41.5. The molecular weight excluding hydrogens is 468 g/mol. The standard InChI is InChI=1S/C25H22N4O5S/c1-3-16-8-10-17(11-9-16)28-24(31)19-6-4-5-7-20(19)27-25(28)35-15-23(30)26-21-13-12-18(34-2)14-22(21)29(32)33/h4-14H,3,15H2,1-2H3,(H,26,30). The van der Waals surface area contributed by atoms with Crippen molar-refractivity contribution in [3.05, 3.63) is 92.8 Å². The lowest BCUT2D eigenvalue weighted by atomic mass is 10.1. The molecule has 35 heavy (non-hydrogen) atoms. The van der Waals surface area contributed by atoms with Crippen LogP contribution in [-0.2, 0) is 11.2 Å². The SMILES string of the molecule is CCc1ccc(-n2c(SCC(=O)Nc3ccc(OC)cc3[N+](=O)[O-])nc3ccccc3c2=O)cc1. The number of carbonyl (C=O) groups is 1. The maximum Gasteiger partial charge on any atom is 0.296 e. The van der Waals surface area contributed by atoms with E-state index in [1.54, 1.807) is 24.3 Å². The Bertz CT molecular complexity index is 1470. The zero-order valence-corrected chi connectivity index (χ0v) is 19.9. The molecule has 0 aliphatic carbocycles. The molecule has 0 aliphatic heterocycles. The molecule has 0 saturated heterocycles. The molecule has 0 radical (unpaired) electrons. The lowest BCUT2D eigenvalue weighted by Crippen LogP contribution is -2.23. The molecule has 0 fully saturated rings. The quantitative estimate of drug-likeness (QED) is 0.166. The molecule has 1 N–H and O–H groups in total. The molecule has 178 valence electrons. The number of hydrogen-bond acceptors (Lipinski definition) is 7. The molecule has 0 aliphatic rings. The maximum atomic E-state index is 13.3. The Morgan fingerprint density at radius 3 is 2.57 bits per heavy atom. The van der Waals surface area contributed by atoms with E-state index < -0.39 is 10.8 Å². The number of thioether (sulfide) groups is 1. The van der Waals surface area contributed by atoms with E-state index in [0.29, 0.717) is 27.5 Å². The van der Waals surface area contributed by atoms with Crippen molar-refractivity contribution < 1.29 is 14.5 Å². The predicted molar refractivity (Wildman–Crippen MR) is 136 cm³/mol. The molecule has 9 nitrogen and oxygen atoms in total. The number of nitro groups is 1. The molecular formula is C25H22N4O5S. The van der Waals surface area contributed by atoms with Gasteiger partial charge in [-0.1, -0.05) is 43.0 Å². The Balaban J connectivity index is 1.64. The molecule has 1 heterocycles. The lowest BCUT2D eigenvalue weighted by Gasteiger charge is -2.14. The highest BCUT2D eigenvalue weighted by Crippen LogP contribution is 2.29. The third-order valence-electron chi connectivity index (χ3n) is 5.36. The first kappa shape index (κ1) is 24.0. The van der Waals surface area contributed by atoms with Crippen LogP contribution in [-0.4, -0.2) is 33.2 Å². The van der Waals surface area contributed by atoms with Gasteiger partial charge in [-0.15, -0.1) is 0 Å². The number of nitro benzene ring substituents is 1. The number of benzene rings is 3. The third-order valence-corrected chi connectivity index (χ3v) is 6.29. The summed E-state index contributed by atoms with van der Waals surface area (Å²) in [7, 11) is 1.40. The van der Waals surface area contributed by atoms with Gasteiger partial charge in [0.25, 0.3) is 11.2 Å². The molecule has 0 spiro atoms. The van der Waals surface area contributed by atoms with Crippen LogP contribution in [0.25, 0.3) is 16.6 Å². The van der Waals surface area contributed by atoms with Gasteiger partial charge in [-0.25, -0.2) is 4.98 Å². The Labute approximate surface area is 204 Å². The van der Waals surface area contributed by atoms with Gasteiger partial charge in [-0.2, -0.15) is 0 Å². The van der Waals surface area contributed by atoms with Crippen LogP contribution in [0.4, 0.5) is 11.4 Å². The minimum absolute atomic E-state index is 0.0559. The summed E-state index contributed by atoms with van der Waals surface area (Å²) in [6.07, 6.45) is 0.866. The fourth-order valence-corrected chi connectivity index (χ4v) is 4.34. The largest absolute Gasteiger partial charge is 0.496 e. The van der Waals surface area contributed by atoms with Crippen molar-refractivity contribution in [2.24, 2.45) is 0 Å². The second-order valence-corrected chi connectivity index (χ2v) is 8.49. The number of nitrogens with zero attached hydrogens (tertiary/aromatic N) is 3. The van der Waals surface area contributed by atoms with Crippen LogP contribution >= 0.6 is 11.8 Å². The zero-order chi connectivity index (χ0) is 24.9. The van der Waals surface area contributed by atoms with Crippen molar-refractivity contribution in [2.45, 2.75) is 18.5 Å². The topological polar surface area (TPSA) is 116 Å². The number of hydrogen-bond donors (Lipinski definition) is 1. The first-order valence-electron chi connectivity index (χ1n) is 10.8. The molecule has 0 unspecified atom stereocenters. The summed E-state index contributed by atoms with van der Waals surface area (Å²) < 4.78 is 6.51. The van der Waals surface area contributed by atoms with Crippen LogP contribution in [0.1, 0.15) is 12.5 Å². The van der Waals surface area contributed by atoms with Crippen LogP contribution in [0, 0.1) is 10.1 Å². The van der Waals surface area contributed by atoms with Gasteiger partial charge < -0.3 is 10.1 Å². The van der Waals surface area contributed by atoms with Crippen LogP contribution in [0.15, 0.2) is 76.7 Å². The van der Waals surface area contributed by atoms with E-state index >= 15 is 0 Å². The molecule has 1 aromatic heterocycles. The second-order valence-electron chi connectivity index (χ2n) is 7.55. The number of fused-ring (bicyclic) bond motifs is 1. The molecule has 10 heteroatoms. The summed E-state index contributed by atoms with van der Waals surface area (Å²) in [5, 5.41) is 14.8. The molecule has 4 aromatic rings. The van der Waals surface area contributed by atoms with E-state index in [0.717, 1.165) is 23.7 Å². The number of para-hydroxylation sites is 1. The summed E-state index contributed by atoms with van der Waals surface area (Å²) in [5.74, 6) is -0.276. The fourth-order valence-electron chi connectivity index (χ4n) is 3.53. The van der Waals surface area contributed by atoms with Crippen molar-refractivity contribution in [2.75, 3.05) is 18.2 Å².